The molecule has 3 N–H and O–H groups in total. The van der Waals surface area contributed by atoms with E-state index in [4.69, 9.17) is 10.1 Å². The first-order valence-electron chi connectivity index (χ1n) is 11.5. The molecule has 1 amide bonds. The molecule has 1 unspecified atom stereocenters. The number of nitrogens with zero attached hydrogens (tertiary/aromatic N) is 2. The van der Waals surface area contributed by atoms with E-state index in [1.54, 1.807) is 0 Å². The molecule has 0 aliphatic heterocycles. The number of primary sulfonamides is 1. The molecule has 4 rings (SSSR count). The highest BCUT2D eigenvalue weighted by Crippen LogP contribution is 2.36. The van der Waals surface area contributed by atoms with E-state index in [0.717, 1.165) is 16.7 Å². The van der Waals surface area contributed by atoms with Crippen molar-refractivity contribution in [1.82, 2.24) is 4.98 Å². The third-order valence-electron chi connectivity index (χ3n) is 5.62. The lowest BCUT2D eigenvalue weighted by Crippen LogP contribution is -2.25. The van der Waals surface area contributed by atoms with Gasteiger partial charge < -0.3 is 5.32 Å². The Morgan fingerprint density at radius 2 is 1.59 bits per heavy atom. The molecular formula is C28H24N4O3S2. The average molecular weight is 529 g/mol. The minimum Gasteiger partial charge on any atom is -0.325 e. The Labute approximate surface area is 220 Å². The monoisotopic (exact) mass is 528 g/mol. The molecule has 186 valence electrons. The van der Waals surface area contributed by atoms with Gasteiger partial charge >= 0.3 is 0 Å². The molecule has 0 saturated heterocycles. The van der Waals surface area contributed by atoms with Crippen LogP contribution >= 0.6 is 11.8 Å². The molecular weight excluding hydrogens is 504 g/mol. The van der Waals surface area contributed by atoms with Crippen LogP contribution in [-0.2, 0) is 14.8 Å². The maximum absolute atomic E-state index is 13.2. The molecule has 0 spiro atoms. The lowest BCUT2D eigenvalue weighted by Gasteiger charge is -2.17. The van der Waals surface area contributed by atoms with E-state index < -0.39 is 15.3 Å². The number of nitrogens with two attached hydrogens (primary N) is 1. The quantitative estimate of drug-likeness (QED) is 0.293. The highest BCUT2D eigenvalue weighted by molar-refractivity contribution is 8.00. The van der Waals surface area contributed by atoms with Gasteiger partial charge in [0, 0.05) is 16.8 Å². The Balaban J connectivity index is 1.69. The highest BCUT2D eigenvalue weighted by Gasteiger charge is 2.23. The van der Waals surface area contributed by atoms with Crippen molar-refractivity contribution in [3.05, 3.63) is 96.6 Å². The molecule has 0 radical (unpaired) electrons. The molecule has 0 bridgehead atoms. The molecule has 1 atom stereocenters. The Morgan fingerprint density at radius 3 is 2.14 bits per heavy atom. The second-order valence-electron chi connectivity index (χ2n) is 8.15. The van der Waals surface area contributed by atoms with Gasteiger partial charge in [0.2, 0.25) is 15.9 Å². The van der Waals surface area contributed by atoms with Crippen molar-refractivity contribution in [3.63, 3.8) is 0 Å². The number of sulfonamides is 1. The fourth-order valence-corrected chi connectivity index (χ4v) is 5.27. The van der Waals surface area contributed by atoms with Crippen LogP contribution in [0.15, 0.2) is 101 Å². The summed E-state index contributed by atoms with van der Waals surface area (Å²) in [5.74, 6) is -0.284. The number of thioether (sulfide) groups is 1. The van der Waals surface area contributed by atoms with E-state index in [1.165, 1.54) is 36.0 Å². The van der Waals surface area contributed by atoms with Crippen LogP contribution in [0.3, 0.4) is 0 Å². The van der Waals surface area contributed by atoms with E-state index in [1.807, 2.05) is 73.7 Å². The van der Waals surface area contributed by atoms with Gasteiger partial charge in [-0.05, 0) is 42.3 Å². The number of pyridine rings is 1. The second-order valence-corrected chi connectivity index (χ2v) is 10.9. The van der Waals surface area contributed by atoms with Crippen LogP contribution in [0, 0.1) is 11.3 Å². The topological polar surface area (TPSA) is 126 Å². The number of aromatic nitrogens is 1. The zero-order valence-corrected chi connectivity index (χ0v) is 21.6. The maximum atomic E-state index is 13.2. The predicted molar refractivity (Wildman–Crippen MR) is 146 cm³/mol. The number of rotatable bonds is 8. The third kappa shape index (κ3) is 6.24. The summed E-state index contributed by atoms with van der Waals surface area (Å²) in [6.45, 7) is 1.88. The molecule has 4 aromatic rings. The largest absolute Gasteiger partial charge is 0.325 e. The number of nitrogens with one attached hydrogen (secondary N) is 1. The molecule has 9 heteroatoms. The molecule has 0 saturated carbocycles. The van der Waals surface area contributed by atoms with Crippen molar-refractivity contribution in [2.45, 2.75) is 28.5 Å². The molecule has 1 heterocycles. The first-order chi connectivity index (χ1) is 17.8. The molecule has 0 aliphatic rings. The fourth-order valence-electron chi connectivity index (χ4n) is 3.72. The molecule has 37 heavy (non-hydrogen) atoms. The molecule has 0 aliphatic carbocycles. The Morgan fingerprint density at radius 1 is 1.00 bits per heavy atom. The van der Waals surface area contributed by atoms with Gasteiger partial charge in [0.15, 0.2) is 0 Å². The number of benzene rings is 3. The third-order valence-corrected chi connectivity index (χ3v) is 7.90. The second kappa shape index (κ2) is 11.4. The van der Waals surface area contributed by atoms with E-state index in [2.05, 4.69) is 11.4 Å². The summed E-state index contributed by atoms with van der Waals surface area (Å²) in [4.78, 5) is 17.9. The summed E-state index contributed by atoms with van der Waals surface area (Å²) in [7, 11) is -3.83. The Bertz CT molecular complexity index is 1550. The standard InChI is InChI=1S/C28H24N4O3S2/c1-2-26(27(33)31-21-13-15-22(16-14-21)37(30,34)35)36-28-24(18-29)23(19-9-5-3-6-10-19)17-25(32-28)20-11-7-4-8-12-20/h3-17,26H,2H2,1H3,(H,31,33)(H2,30,34,35). The molecule has 7 nitrogen and oxygen atoms in total. The Hall–Kier alpha value is -3.97. The van der Waals surface area contributed by atoms with E-state index in [-0.39, 0.29) is 10.8 Å². The van der Waals surface area contributed by atoms with Crippen molar-refractivity contribution in [1.29, 1.82) is 5.26 Å². The first kappa shape index (κ1) is 26.1. The summed E-state index contributed by atoms with van der Waals surface area (Å²) in [6.07, 6.45) is 0.481. The van der Waals surface area contributed by atoms with Crippen molar-refractivity contribution in [3.8, 4) is 28.5 Å². The molecule has 1 aromatic heterocycles. The van der Waals surface area contributed by atoms with Crippen LogP contribution in [0.2, 0.25) is 0 Å². The number of anilines is 1. The van der Waals surface area contributed by atoms with Crippen LogP contribution in [0.1, 0.15) is 18.9 Å². The van der Waals surface area contributed by atoms with E-state index in [9.17, 15) is 18.5 Å². The van der Waals surface area contributed by atoms with Gasteiger partial charge in [0.1, 0.15) is 11.1 Å². The first-order valence-corrected chi connectivity index (χ1v) is 13.9. The van der Waals surface area contributed by atoms with Crippen molar-refractivity contribution in [2.75, 3.05) is 5.32 Å². The van der Waals surface area contributed by atoms with Gasteiger partial charge in [-0.15, -0.1) is 0 Å². The zero-order chi connectivity index (χ0) is 26.4. The van der Waals surface area contributed by atoms with Crippen LogP contribution in [-0.4, -0.2) is 24.6 Å². The van der Waals surface area contributed by atoms with Crippen LogP contribution in [0.5, 0.6) is 0 Å². The maximum Gasteiger partial charge on any atom is 0.238 e. The number of hydrogen-bond donors (Lipinski definition) is 2. The summed E-state index contributed by atoms with van der Waals surface area (Å²) < 4.78 is 23.0. The van der Waals surface area contributed by atoms with E-state index >= 15 is 0 Å². The minimum atomic E-state index is -3.83. The molecule has 0 fully saturated rings. The average Bonchev–Trinajstić information content (AvgIpc) is 2.92. The fraction of sp³-hybridized carbons (Fsp3) is 0.107. The Kier molecular flexibility index (Phi) is 8.04. The smallest absolute Gasteiger partial charge is 0.238 e. The predicted octanol–water partition coefficient (Wildman–Crippen LogP) is 5.44. The van der Waals surface area contributed by atoms with Crippen molar-refractivity contribution >= 4 is 33.4 Å². The number of carbonyl (C=O) groups is 1. The lowest BCUT2D eigenvalue weighted by atomic mass is 9.99. The van der Waals surface area contributed by atoms with Crippen LogP contribution in [0.25, 0.3) is 22.4 Å². The molecule has 3 aromatic carbocycles. The highest BCUT2D eigenvalue weighted by atomic mass is 32.2. The van der Waals surface area contributed by atoms with Crippen LogP contribution < -0.4 is 10.5 Å². The van der Waals surface area contributed by atoms with Gasteiger partial charge in [0.25, 0.3) is 0 Å². The number of nitriles is 1. The van der Waals surface area contributed by atoms with E-state index in [0.29, 0.717) is 28.4 Å². The number of hydrogen-bond acceptors (Lipinski definition) is 6. The normalized spacial score (nSPS) is 11.9. The van der Waals surface area contributed by atoms with Gasteiger partial charge in [-0.3, -0.25) is 4.79 Å². The van der Waals surface area contributed by atoms with Crippen LogP contribution in [0.4, 0.5) is 5.69 Å². The van der Waals surface area contributed by atoms with Gasteiger partial charge in [-0.2, -0.15) is 5.26 Å². The summed E-state index contributed by atoms with van der Waals surface area (Å²) in [5.41, 5.74) is 4.07. The van der Waals surface area contributed by atoms with Crippen molar-refractivity contribution in [2.24, 2.45) is 5.14 Å². The van der Waals surface area contributed by atoms with Gasteiger partial charge in [-0.25, -0.2) is 18.5 Å². The van der Waals surface area contributed by atoms with Gasteiger partial charge in [-0.1, -0.05) is 79.3 Å². The van der Waals surface area contributed by atoms with Gasteiger partial charge in [0.05, 0.1) is 21.4 Å². The minimum absolute atomic E-state index is 0.0408. The SMILES string of the molecule is CCC(Sc1nc(-c2ccccc2)cc(-c2ccccc2)c1C#N)C(=O)Nc1ccc(S(N)(=O)=O)cc1. The zero-order valence-electron chi connectivity index (χ0n) is 20.0. The summed E-state index contributed by atoms with van der Waals surface area (Å²) in [6, 6.07) is 29.1. The lowest BCUT2D eigenvalue weighted by molar-refractivity contribution is -0.115. The summed E-state index contributed by atoms with van der Waals surface area (Å²) >= 11 is 1.23. The summed E-state index contributed by atoms with van der Waals surface area (Å²) in [5, 5.41) is 18.0. The number of carbonyl (C=O) groups excluding carboxylic acids is 1. The number of amides is 1. The van der Waals surface area contributed by atoms with Crippen molar-refractivity contribution < 1.29 is 13.2 Å².